The first-order chi connectivity index (χ1) is 13.3. The first-order valence-electron chi connectivity index (χ1n) is 8.52. The molecular weight excluding hydrogens is 380 g/mol. The lowest BCUT2D eigenvalue weighted by Gasteiger charge is -2.09. The number of benzene rings is 2. The van der Waals surface area contributed by atoms with Crippen LogP contribution in [0.1, 0.15) is 24.5 Å². The van der Waals surface area contributed by atoms with E-state index in [1.165, 1.54) is 0 Å². The highest BCUT2D eigenvalue weighted by molar-refractivity contribution is 6.40. The number of nitrogens with zero attached hydrogens (tertiary/aromatic N) is 1. The minimum Gasteiger partial charge on any atom is -0.326 e. The Bertz CT molecular complexity index is 941. The van der Waals surface area contributed by atoms with Crippen LogP contribution in [-0.4, -0.2) is 23.4 Å². The molecule has 0 aromatic heterocycles. The quantitative estimate of drug-likeness (QED) is 0.407. The van der Waals surface area contributed by atoms with Gasteiger partial charge in [-0.1, -0.05) is 29.8 Å². The zero-order chi connectivity index (χ0) is 20.7. The second kappa shape index (κ2) is 9.66. The van der Waals surface area contributed by atoms with Crippen LogP contribution in [0.4, 0.5) is 11.4 Å². The number of carbonyl (C=O) groups excluding carboxylic acids is 3. The lowest BCUT2D eigenvalue weighted by atomic mass is 10.2. The number of anilines is 2. The average Bonchev–Trinajstić information content (AvgIpc) is 2.63. The average molecular weight is 401 g/mol. The van der Waals surface area contributed by atoms with Gasteiger partial charge in [-0.25, -0.2) is 5.43 Å². The minimum atomic E-state index is -0.946. The number of hydrogen-bond acceptors (Lipinski definition) is 4. The van der Waals surface area contributed by atoms with Crippen LogP contribution in [0, 0.1) is 13.8 Å². The molecule has 0 saturated carbocycles. The standard InChI is InChI=1S/C20H21ClN4O3/c1-12-6-4-7-15(10-12)22-18(26)11-13(2)24-25-20(28)19(27)23-17-9-5-8-16(21)14(17)3/h4-10H,11H2,1-3H3,(H,22,26)(H,23,27)(H,25,28). The fraction of sp³-hybridized carbons (Fsp3) is 0.200. The van der Waals surface area contributed by atoms with Gasteiger partial charge in [-0.2, -0.15) is 5.10 Å². The lowest BCUT2D eigenvalue weighted by Crippen LogP contribution is -2.33. The molecule has 8 heteroatoms. The third kappa shape index (κ3) is 6.21. The van der Waals surface area contributed by atoms with Gasteiger partial charge in [0.25, 0.3) is 0 Å². The lowest BCUT2D eigenvalue weighted by molar-refractivity contribution is -0.136. The highest BCUT2D eigenvalue weighted by Crippen LogP contribution is 2.22. The second-order valence-electron chi connectivity index (χ2n) is 6.25. The van der Waals surface area contributed by atoms with Gasteiger partial charge in [-0.3, -0.25) is 14.4 Å². The van der Waals surface area contributed by atoms with Crippen LogP contribution >= 0.6 is 11.6 Å². The SMILES string of the molecule is CC(CC(=O)Nc1cccc(C)c1)=NNC(=O)C(=O)Nc1cccc(Cl)c1C. The number of rotatable bonds is 5. The van der Waals surface area contributed by atoms with Gasteiger partial charge in [0.1, 0.15) is 0 Å². The van der Waals surface area contributed by atoms with E-state index < -0.39 is 11.8 Å². The number of halogens is 1. The van der Waals surface area contributed by atoms with Crippen LogP contribution in [-0.2, 0) is 14.4 Å². The van der Waals surface area contributed by atoms with E-state index in [0.29, 0.717) is 27.7 Å². The Morgan fingerprint density at radius 3 is 2.43 bits per heavy atom. The highest BCUT2D eigenvalue weighted by atomic mass is 35.5. The summed E-state index contributed by atoms with van der Waals surface area (Å²) in [6, 6.07) is 12.4. The van der Waals surface area contributed by atoms with E-state index in [1.54, 1.807) is 38.1 Å². The molecule has 0 bridgehead atoms. The summed E-state index contributed by atoms with van der Waals surface area (Å²) in [5.74, 6) is -2.11. The molecule has 0 atom stereocenters. The number of nitrogens with one attached hydrogen (secondary N) is 3. The van der Waals surface area contributed by atoms with E-state index >= 15 is 0 Å². The molecule has 0 aliphatic rings. The van der Waals surface area contributed by atoms with Gasteiger partial charge in [0.05, 0.1) is 6.42 Å². The predicted octanol–water partition coefficient (Wildman–Crippen LogP) is 3.42. The normalized spacial score (nSPS) is 10.9. The molecule has 2 aromatic carbocycles. The Balaban J connectivity index is 1.87. The third-order valence-corrected chi connectivity index (χ3v) is 4.20. The molecule has 3 N–H and O–H groups in total. The van der Waals surface area contributed by atoms with Crippen molar-refractivity contribution in [2.24, 2.45) is 5.10 Å². The Morgan fingerprint density at radius 1 is 1.00 bits per heavy atom. The minimum absolute atomic E-state index is 0.0246. The second-order valence-corrected chi connectivity index (χ2v) is 6.66. The topological polar surface area (TPSA) is 99.7 Å². The molecule has 0 heterocycles. The first-order valence-corrected chi connectivity index (χ1v) is 8.90. The molecule has 0 saturated heterocycles. The Morgan fingerprint density at radius 2 is 1.71 bits per heavy atom. The molecule has 0 unspecified atom stereocenters. The summed E-state index contributed by atoms with van der Waals surface area (Å²) in [7, 11) is 0. The third-order valence-electron chi connectivity index (χ3n) is 3.79. The maximum Gasteiger partial charge on any atom is 0.329 e. The van der Waals surface area contributed by atoms with E-state index in [0.717, 1.165) is 5.56 Å². The summed E-state index contributed by atoms with van der Waals surface area (Å²) in [4.78, 5) is 35.9. The van der Waals surface area contributed by atoms with Crippen molar-refractivity contribution in [2.75, 3.05) is 10.6 Å². The molecule has 0 radical (unpaired) electrons. The molecular formula is C20H21ClN4O3. The first kappa shape index (κ1) is 21.1. The van der Waals surface area contributed by atoms with Crippen molar-refractivity contribution in [3.63, 3.8) is 0 Å². The van der Waals surface area contributed by atoms with Crippen LogP contribution in [0.5, 0.6) is 0 Å². The van der Waals surface area contributed by atoms with Crippen molar-refractivity contribution in [3.05, 3.63) is 58.6 Å². The van der Waals surface area contributed by atoms with E-state index in [2.05, 4.69) is 21.2 Å². The van der Waals surface area contributed by atoms with Crippen LogP contribution < -0.4 is 16.1 Å². The maximum absolute atomic E-state index is 12.0. The van der Waals surface area contributed by atoms with E-state index in [-0.39, 0.29) is 12.3 Å². The molecule has 2 rings (SSSR count). The number of hydrogen-bond donors (Lipinski definition) is 3. The van der Waals surface area contributed by atoms with Crippen molar-refractivity contribution in [1.82, 2.24) is 5.43 Å². The van der Waals surface area contributed by atoms with E-state index in [4.69, 9.17) is 11.6 Å². The predicted molar refractivity (Wildman–Crippen MR) is 110 cm³/mol. The molecule has 7 nitrogen and oxygen atoms in total. The Hall–Kier alpha value is -3.19. The Labute approximate surface area is 168 Å². The number of aryl methyl sites for hydroxylation is 1. The zero-order valence-electron chi connectivity index (χ0n) is 15.8. The van der Waals surface area contributed by atoms with Crippen molar-refractivity contribution in [2.45, 2.75) is 27.2 Å². The molecule has 146 valence electrons. The molecule has 0 spiro atoms. The molecule has 0 aliphatic carbocycles. The van der Waals surface area contributed by atoms with Crippen LogP contribution in [0.25, 0.3) is 0 Å². The van der Waals surface area contributed by atoms with Gasteiger partial charge < -0.3 is 10.6 Å². The van der Waals surface area contributed by atoms with E-state index in [1.807, 2.05) is 25.1 Å². The van der Waals surface area contributed by atoms with Gasteiger partial charge in [0.2, 0.25) is 5.91 Å². The summed E-state index contributed by atoms with van der Waals surface area (Å²) in [5, 5.41) is 9.49. The fourth-order valence-electron chi connectivity index (χ4n) is 2.32. The highest BCUT2D eigenvalue weighted by Gasteiger charge is 2.15. The summed E-state index contributed by atoms with van der Waals surface area (Å²) in [5.41, 5.74) is 5.28. The summed E-state index contributed by atoms with van der Waals surface area (Å²) < 4.78 is 0. The monoisotopic (exact) mass is 400 g/mol. The molecule has 28 heavy (non-hydrogen) atoms. The van der Waals surface area contributed by atoms with Gasteiger partial charge in [0.15, 0.2) is 0 Å². The molecule has 2 aromatic rings. The van der Waals surface area contributed by atoms with Crippen molar-refractivity contribution >= 4 is 46.4 Å². The van der Waals surface area contributed by atoms with Gasteiger partial charge in [-0.05, 0) is 56.2 Å². The van der Waals surface area contributed by atoms with Crippen LogP contribution in [0.3, 0.4) is 0 Å². The summed E-state index contributed by atoms with van der Waals surface area (Å²) in [6.45, 7) is 5.23. The smallest absolute Gasteiger partial charge is 0.326 e. The largest absolute Gasteiger partial charge is 0.329 e. The van der Waals surface area contributed by atoms with Gasteiger partial charge in [0, 0.05) is 22.1 Å². The maximum atomic E-state index is 12.0. The number of amides is 3. The van der Waals surface area contributed by atoms with Crippen molar-refractivity contribution in [1.29, 1.82) is 0 Å². The number of hydrazone groups is 1. The molecule has 3 amide bonds. The molecule has 0 fully saturated rings. The fourth-order valence-corrected chi connectivity index (χ4v) is 2.49. The van der Waals surface area contributed by atoms with Crippen molar-refractivity contribution < 1.29 is 14.4 Å². The van der Waals surface area contributed by atoms with E-state index in [9.17, 15) is 14.4 Å². The summed E-state index contributed by atoms with van der Waals surface area (Å²) >= 11 is 5.98. The van der Waals surface area contributed by atoms with Gasteiger partial charge >= 0.3 is 11.8 Å². The number of carbonyl (C=O) groups is 3. The van der Waals surface area contributed by atoms with Gasteiger partial charge in [-0.15, -0.1) is 0 Å². The van der Waals surface area contributed by atoms with Crippen LogP contribution in [0.2, 0.25) is 5.02 Å². The summed E-state index contributed by atoms with van der Waals surface area (Å²) in [6.07, 6.45) is -0.0246. The van der Waals surface area contributed by atoms with Crippen LogP contribution in [0.15, 0.2) is 47.6 Å². The Kier molecular flexibility index (Phi) is 7.28. The zero-order valence-corrected chi connectivity index (χ0v) is 16.6. The molecule has 0 aliphatic heterocycles. The van der Waals surface area contributed by atoms with Crippen molar-refractivity contribution in [3.8, 4) is 0 Å².